The molecule has 43 heavy (non-hydrogen) atoms. The number of benzene rings is 2. The van der Waals surface area contributed by atoms with Crippen molar-refractivity contribution in [2.45, 2.75) is 63.6 Å². The molecule has 5 rings (SSSR count). The lowest BCUT2D eigenvalue weighted by atomic mass is 9.84. The molecule has 2 aliphatic heterocycles. The zero-order valence-corrected chi connectivity index (χ0v) is 26.9. The maximum Gasteiger partial charge on any atom is 0.407 e. The number of aromatic hydroxyl groups is 1. The Labute approximate surface area is 268 Å². The highest BCUT2D eigenvalue weighted by Crippen LogP contribution is 2.44. The van der Waals surface area contributed by atoms with Gasteiger partial charge in [-0.05, 0) is 65.3 Å². The fourth-order valence-corrected chi connectivity index (χ4v) is 6.75. The number of carboxylic acid groups (broad SMARTS) is 1. The summed E-state index contributed by atoms with van der Waals surface area (Å²) in [5.41, 5.74) is 1.70. The molecule has 2 aliphatic rings. The molecule has 2 fully saturated rings. The monoisotopic (exact) mass is 655 g/mol. The van der Waals surface area contributed by atoms with Crippen LogP contribution in [0.15, 0.2) is 45.6 Å². The van der Waals surface area contributed by atoms with E-state index in [0.717, 1.165) is 25.8 Å². The van der Waals surface area contributed by atoms with E-state index < -0.39 is 17.6 Å². The lowest BCUT2D eigenvalue weighted by Crippen LogP contribution is -2.49. The smallest absolute Gasteiger partial charge is 0.407 e. The van der Waals surface area contributed by atoms with Gasteiger partial charge in [0.1, 0.15) is 22.5 Å². The first-order valence-corrected chi connectivity index (χ1v) is 14.7. The molecule has 3 N–H and O–H groups in total. The second-order valence-electron chi connectivity index (χ2n) is 11.6. The zero-order valence-electron chi connectivity index (χ0n) is 24.5. The molecule has 3 atom stereocenters. The molecule has 3 heterocycles. The first-order chi connectivity index (χ1) is 19.6. The number of hydrogen-bond acceptors (Lipinski definition) is 7. The van der Waals surface area contributed by atoms with Crippen LogP contribution in [-0.4, -0.2) is 82.6 Å². The van der Waals surface area contributed by atoms with Gasteiger partial charge in [0.2, 0.25) is 0 Å². The van der Waals surface area contributed by atoms with Crippen molar-refractivity contribution < 1.29 is 24.5 Å². The summed E-state index contributed by atoms with van der Waals surface area (Å²) in [6.45, 7) is 5.98. The molecule has 1 unspecified atom stereocenters. The molecule has 1 amide bonds. The third kappa shape index (κ3) is 7.02. The first kappa shape index (κ1) is 34.8. The van der Waals surface area contributed by atoms with Crippen LogP contribution < -0.4 is 10.3 Å². The predicted molar refractivity (Wildman–Crippen MR) is 175 cm³/mol. The summed E-state index contributed by atoms with van der Waals surface area (Å²) in [6, 6.07) is 9.57. The van der Waals surface area contributed by atoms with Crippen LogP contribution in [0.2, 0.25) is 5.02 Å². The molecule has 0 aliphatic carbocycles. The van der Waals surface area contributed by atoms with Crippen LogP contribution in [0.25, 0.3) is 22.3 Å². The molecular formula is C31H40Cl3N3O6. The number of hydrogen-bond donors (Lipinski definition) is 3. The van der Waals surface area contributed by atoms with Gasteiger partial charge in [-0.25, -0.2) is 4.79 Å². The lowest BCUT2D eigenvalue weighted by Gasteiger charge is -2.39. The summed E-state index contributed by atoms with van der Waals surface area (Å²) >= 11 is 6.47. The molecule has 0 radical (unpaired) electrons. The summed E-state index contributed by atoms with van der Waals surface area (Å²) in [7, 11) is 1.96. The summed E-state index contributed by atoms with van der Waals surface area (Å²) in [5.74, 6) is -0.296. The molecule has 2 aromatic carbocycles. The van der Waals surface area contributed by atoms with Crippen molar-refractivity contribution in [1.29, 1.82) is 0 Å². The summed E-state index contributed by atoms with van der Waals surface area (Å²) in [6.07, 6.45) is 1.33. The van der Waals surface area contributed by atoms with Crippen LogP contribution in [0.5, 0.6) is 5.75 Å². The van der Waals surface area contributed by atoms with Crippen molar-refractivity contribution in [3.8, 4) is 17.1 Å². The number of likely N-dealkylation sites (tertiary alicyclic amines) is 1. The Morgan fingerprint density at radius 2 is 1.81 bits per heavy atom. The normalized spacial score (nSPS) is 21.2. The predicted octanol–water partition coefficient (Wildman–Crippen LogP) is 6.19. The largest absolute Gasteiger partial charge is 0.507 e. The minimum Gasteiger partial charge on any atom is -0.507 e. The first-order valence-electron chi connectivity index (χ1n) is 14.3. The number of fused-ring (bicyclic) bond motifs is 1. The van der Waals surface area contributed by atoms with E-state index in [2.05, 4.69) is 9.80 Å². The topological polar surface area (TPSA) is 118 Å². The molecule has 2 saturated heterocycles. The number of amides is 1. The number of nitrogens with zero attached hydrogens (tertiary/aromatic N) is 3. The highest BCUT2D eigenvalue weighted by molar-refractivity contribution is 6.33. The zero-order chi connectivity index (χ0) is 29.4. The number of likely N-dealkylation sites (N-methyl/N-ethyl adjacent to an activating group) is 1. The SMILES string of the molecule is CC(C)N(C(=O)O)C1CCCCN(c2cc(O)c3c(=O)cc(-c4ccccc4Cl)oc3c2[C@H]2CCN(C)C[C@H]2O)C1.Cl.Cl. The van der Waals surface area contributed by atoms with Gasteiger partial charge in [0.25, 0.3) is 0 Å². The molecule has 3 aromatic rings. The van der Waals surface area contributed by atoms with Gasteiger partial charge in [0.15, 0.2) is 5.43 Å². The quantitative estimate of drug-likeness (QED) is 0.298. The van der Waals surface area contributed by atoms with E-state index in [0.29, 0.717) is 47.9 Å². The average molecular weight is 657 g/mol. The van der Waals surface area contributed by atoms with Crippen molar-refractivity contribution in [3.05, 3.63) is 57.2 Å². The van der Waals surface area contributed by atoms with Crippen molar-refractivity contribution in [3.63, 3.8) is 0 Å². The summed E-state index contributed by atoms with van der Waals surface area (Å²) in [4.78, 5) is 31.4. The number of β-amino-alcohol motifs (C(OH)–C–C–N with tert-alkyl or cyclic N) is 1. The van der Waals surface area contributed by atoms with E-state index in [-0.39, 0.29) is 65.3 Å². The lowest BCUT2D eigenvalue weighted by molar-refractivity contribution is 0.0640. The van der Waals surface area contributed by atoms with E-state index in [1.807, 2.05) is 20.9 Å². The van der Waals surface area contributed by atoms with E-state index in [9.17, 15) is 24.9 Å². The standard InChI is InChI=1S/C31H38ClN3O6.2ClH/c1-18(2)35(31(39)40)19-8-6-7-12-34(16-19)23-14-24(36)29-25(37)15-27(20-9-4-5-10-22(20)32)41-30(29)28(23)21-11-13-33(3)17-26(21)38;;/h4-5,9-10,14-15,18-19,21,26,36,38H,6-8,11-13,16-17H2,1-3H3,(H,39,40);2*1H/t19?,21-,26+;;/m0../s1. The van der Waals surface area contributed by atoms with Gasteiger partial charge in [-0.2, -0.15) is 0 Å². The van der Waals surface area contributed by atoms with E-state index >= 15 is 0 Å². The Morgan fingerprint density at radius 1 is 1.09 bits per heavy atom. The number of aliphatic hydroxyl groups excluding tert-OH is 1. The van der Waals surface area contributed by atoms with Crippen molar-refractivity contribution in [2.24, 2.45) is 0 Å². The number of phenols is 1. The third-order valence-electron chi connectivity index (χ3n) is 8.45. The van der Waals surface area contributed by atoms with Crippen LogP contribution in [0.3, 0.4) is 0 Å². The third-order valence-corrected chi connectivity index (χ3v) is 8.78. The Kier molecular flexibility index (Phi) is 11.6. The second-order valence-corrected chi connectivity index (χ2v) is 12.0. The minimum absolute atomic E-state index is 0. The van der Waals surface area contributed by atoms with Gasteiger partial charge < -0.3 is 34.4 Å². The highest BCUT2D eigenvalue weighted by Gasteiger charge is 2.36. The number of halogens is 3. The van der Waals surface area contributed by atoms with Crippen LogP contribution >= 0.6 is 36.4 Å². The van der Waals surface area contributed by atoms with E-state index in [1.54, 1.807) is 30.3 Å². The van der Waals surface area contributed by atoms with Gasteiger partial charge in [-0.1, -0.05) is 23.7 Å². The molecule has 236 valence electrons. The Bertz CT molecular complexity index is 1500. The number of rotatable bonds is 5. The number of aliphatic hydroxyl groups is 1. The van der Waals surface area contributed by atoms with Crippen LogP contribution in [0.1, 0.15) is 51.0 Å². The fourth-order valence-electron chi connectivity index (χ4n) is 6.53. The molecule has 9 nitrogen and oxygen atoms in total. The number of carbonyl (C=O) groups is 1. The Balaban J connectivity index is 0.00000253. The average Bonchev–Trinajstić information content (AvgIpc) is 3.14. The number of phenolic OH excluding ortho intramolecular Hbond substituents is 1. The summed E-state index contributed by atoms with van der Waals surface area (Å²) in [5, 5.41) is 33.1. The fraction of sp³-hybridized carbons (Fsp3) is 0.484. The van der Waals surface area contributed by atoms with Crippen LogP contribution in [0.4, 0.5) is 10.5 Å². The minimum atomic E-state index is -0.963. The van der Waals surface area contributed by atoms with Crippen molar-refractivity contribution >= 4 is 59.2 Å². The maximum absolute atomic E-state index is 13.5. The van der Waals surface area contributed by atoms with Gasteiger partial charge in [-0.15, -0.1) is 24.8 Å². The molecule has 12 heteroatoms. The van der Waals surface area contributed by atoms with E-state index in [1.165, 1.54) is 11.0 Å². The Morgan fingerprint density at radius 3 is 2.47 bits per heavy atom. The maximum atomic E-state index is 13.5. The molecular weight excluding hydrogens is 617 g/mol. The number of anilines is 1. The van der Waals surface area contributed by atoms with Crippen LogP contribution in [0, 0.1) is 0 Å². The van der Waals surface area contributed by atoms with Crippen LogP contribution in [-0.2, 0) is 0 Å². The molecule has 0 spiro atoms. The molecule has 0 saturated carbocycles. The van der Waals surface area contributed by atoms with Gasteiger partial charge >= 0.3 is 6.09 Å². The molecule has 0 bridgehead atoms. The Hall–Kier alpha value is -2.69. The highest BCUT2D eigenvalue weighted by atomic mass is 35.5. The van der Waals surface area contributed by atoms with Gasteiger partial charge in [0.05, 0.1) is 17.2 Å². The van der Waals surface area contributed by atoms with Gasteiger partial charge in [-0.3, -0.25) is 4.79 Å². The van der Waals surface area contributed by atoms with Gasteiger partial charge in [0, 0.05) is 60.5 Å². The van der Waals surface area contributed by atoms with E-state index in [4.69, 9.17) is 16.0 Å². The number of piperidine rings is 1. The van der Waals surface area contributed by atoms with Crippen molar-refractivity contribution in [2.75, 3.05) is 38.1 Å². The molecule has 1 aromatic heterocycles. The second kappa shape index (κ2) is 14.4. The van der Waals surface area contributed by atoms with Crippen molar-refractivity contribution in [1.82, 2.24) is 9.80 Å². The summed E-state index contributed by atoms with van der Waals surface area (Å²) < 4.78 is 6.46.